The van der Waals surface area contributed by atoms with E-state index in [-0.39, 0.29) is 23.8 Å². The second-order valence-electron chi connectivity index (χ2n) is 8.16. The van der Waals surface area contributed by atoms with Crippen LogP contribution in [0, 0.1) is 5.92 Å². The van der Waals surface area contributed by atoms with Gasteiger partial charge in [0.15, 0.2) is 0 Å². The fourth-order valence-electron chi connectivity index (χ4n) is 3.07. The molecule has 1 rings (SSSR count). The van der Waals surface area contributed by atoms with Crippen molar-refractivity contribution in [2.75, 3.05) is 5.75 Å². The van der Waals surface area contributed by atoms with E-state index in [4.69, 9.17) is 11.5 Å². The summed E-state index contributed by atoms with van der Waals surface area (Å²) in [6.07, 6.45) is 0.0564. The second-order valence-corrected chi connectivity index (χ2v) is 8.53. The van der Waals surface area contributed by atoms with E-state index < -0.39 is 60.2 Å². The van der Waals surface area contributed by atoms with Crippen LogP contribution in [0.25, 0.3) is 0 Å². The molecule has 13 heteroatoms. The third-order valence-electron chi connectivity index (χ3n) is 5.36. The molecule has 35 heavy (non-hydrogen) atoms. The minimum atomic E-state index is -1.57. The number of hydrogen-bond donors (Lipinski definition) is 8. The van der Waals surface area contributed by atoms with Gasteiger partial charge in [-0.2, -0.15) is 12.6 Å². The Balaban J connectivity index is 2.88. The molecule has 0 bridgehead atoms. The lowest BCUT2D eigenvalue weighted by Gasteiger charge is -2.27. The summed E-state index contributed by atoms with van der Waals surface area (Å²) in [5.41, 5.74) is 11.7. The minimum absolute atomic E-state index is 0.0763. The average molecular weight is 512 g/mol. The molecular weight excluding hydrogens is 478 g/mol. The summed E-state index contributed by atoms with van der Waals surface area (Å²) in [5.74, 6) is -4.96. The first kappa shape index (κ1) is 29.7. The number of phenols is 1. The molecule has 9 N–H and O–H groups in total. The van der Waals surface area contributed by atoms with Gasteiger partial charge in [-0.3, -0.25) is 19.2 Å². The molecular formula is C22H33N5O7S. The van der Waals surface area contributed by atoms with Gasteiger partial charge in [-0.05, 0) is 30.0 Å². The van der Waals surface area contributed by atoms with E-state index in [1.54, 1.807) is 19.1 Å². The van der Waals surface area contributed by atoms with Crippen LogP contribution < -0.4 is 27.4 Å². The largest absolute Gasteiger partial charge is 0.508 e. The predicted octanol–water partition coefficient (Wildman–Crippen LogP) is -1.35. The minimum Gasteiger partial charge on any atom is -0.508 e. The van der Waals surface area contributed by atoms with Crippen molar-refractivity contribution in [1.29, 1.82) is 0 Å². The van der Waals surface area contributed by atoms with Gasteiger partial charge in [0.05, 0.1) is 12.5 Å². The van der Waals surface area contributed by atoms with Crippen molar-refractivity contribution < 1.29 is 34.2 Å². The molecule has 0 heterocycles. The van der Waals surface area contributed by atoms with Crippen LogP contribution in [0.2, 0.25) is 0 Å². The van der Waals surface area contributed by atoms with Crippen LogP contribution in [0.4, 0.5) is 0 Å². The number of primary amides is 1. The quantitative estimate of drug-likeness (QED) is 0.139. The number of nitrogens with two attached hydrogens (primary N) is 2. The Morgan fingerprint density at radius 2 is 1.54 bits per heavy atom. The monoisotopic (exact) mass is 511 g/mol. The van der Waals surface area contributed by atoms with Gasteiger partial charge in [0, 0.05) is 5.75 Å². The number of phenolic OH excluding ortho intramolecular Hbond substituents is 1. The summed E-state index contributed by atoms with van der Waals surface area (Å²) in [4.78, 5) is 60.5. The normalized spacial score (nSPS) is 15.1. The van der Waals surface area contributed by atoms with E-state index in [9.17, 15) is 34.2 Å². The summed E-state index contributed by atoms with van der Waals surface area (Å²) in [5, 5.41) is 25.8. The summed E-state index contributed by atoms with van der Waals surface area (Å²) in [7, 11) is 0. The lowest BCUT2D eigenvalue weighted by Crippen LogP contribution is -2.59. The number of amides is 4. The summed E-state index contributed by atoms with van der Waals surface area (Å²) >= 11 is 4.04. The highest BCUT2D eigenvalue weighted by Crippen LogP contribution is 2.12. The molecule has 0 fully saturated rings. The number of thiol groups is 1. The van der Waals surface area contributed by atoms with Crippen molar-refractivity contribution in [3.8, 4) is 5.75 Å². The number of nitrogens with one attached hydrogen (secondary N) is 3. The molecule has 0 aliphatic carbocycles. The number of aromatic hydroxyl groups is 1. The lowest BCUT2D eigenvalue weighted by atomic mass is 9.97. The van der Waals surface area contributed by atoms with Crippen molar-refractivity contribution in [1.82, 2.24) is 16.0 Å². The van der Waals surface area contributed by atoms with Crippen LogP contribution >= 0.6 is 12.6 Å². The van der Waals surface area contributed by atoms with Gasteiger partial charge >= 0.3 is 5.97 Å². The van der Waals surface area contributed by atoms with Crippen LogP contribution in [-0.4, -0.2) is 69.7 Å². The van der Waals surface area contributed by atoms with Crippen LogP contribution in [-0.2, 0) is 30.4 Å². The van der Waals surface area contributed by atoms with E-state index >= 15 is 0 Å². The number of carboxylic acid groups (broad SMARTS) is 1. The van der Waals surface area contributed by atoms with E-state index in [2.05, 4.69) is 28.6 Å². The van der Waals surface area contributed by atoms with E-state index in [1.165, 1.54) is 12.1 Å². The molecule has 0 spiro atoms. The number of carbonyl (C=O) groups is 5. The van der Waals surface area contributed by atoms with E-state index in [0.29, 0.717) is 12.0 Å². The molecule has 0 saturated heterocycles. The molecule has 5 atom stereocenters. The molecule has 12 nitrogen and oxygen atoms in total. The maximum atomic E-state index is 13.0. The SMILES string of the molecule is CCC(C)C(NC(=O)C(N)Cc1ccc(O)cc1)C(=O)NC(CS)C(=O)NC(CC(N)=O)C(=O)O. The van der Waals surface area contributed by atoms with Crippen molar-refractivity contribution in [3.63, 3.8) is 0 Å². The standard InChI is InChI=1S/C22H33N5O7S/c1-3-11(2)18(27-19(30)14(23)8-12-4-6-13(28)7-5-12)21(32)26-16(10-35)20(31)25-15(22(33)34)9-17(24)29/h4-7,11,14-16,18,28,35H,3,8-10,23H2,1-2H3,(H2,24,29)(H,25,31)(H,26,32)(H,27,30)(H,33,34). The Morgan fingerprint density at radius 1 is 0.971 bits per heavy atom. The molecule has 4 amide bonds. The second kappa shape index (κ2) is 14.2. The Kier molecular flexibility index (Phi) is 12.0. The van der Waals surface area contributed by atoms with Crippen molar-refractivity contribution in [2.24, 2.45) is 17.4 Å². The maximum absolute atomic E-state index is 13.0. The number of hydrogen-bond acceptors (Lipinski definition) is 8. The van der Waals surface area contributed by atoms with E-state index in [1.807, 2.05) is 6.92 Å². The zero-order chi connectivity index (χ0) is 26.7. The molecule has 1 aromatic carbocycles. The molecule has 0 aliphatic heterocycles. The van der Waals surface area contributed by atoms with Gasteiger partial charge in [0.2, 0.25) is 23.6 Å². The Bertz CT molecular complexity index is 912. The van der Waals surface area contributed by atoms with Gasteiger partial charge in [0.25, 0.3) is 0 Å². The topological polar surface area (TPSA) is 214 Å². The smallest absolute Gasteiger partial charge is 0.326 e. The zero-order valence-corrected chi connectivity index (χ0v) is 20.5. The Hall–Kier alpha value is -3.32. The van der Waals surface area contributed by atoms with Crippen molar-refractivity contribution in [2.45, 2.75) is 57.3 Å². The molecule has 0 saturated carbocycles. The predicted molar refractivity (Wildman–Crippen MR) is 130 cm³/mol. The van der Waals surface area contributed by atoms with Gasteiger partial charge < -0.3 is 37.6 Å². The Morgan fingerprint density at radius 3 is 2.03 bits per heavy atom. The molecule has 0 aromatic heterocycles. The summed E-state index contributed by atoms with van der Waals surface area (Å²) < 4.78 is 0. The molecule has 1 aromatic rings. The molecule has 5 unspecified atom stereocenters. The number of benzene rings is 1. The highest BCUT2D eigenvalue weighted by atomic mass is 32.1. The van der Waals surface area contributed by atoms with Crippen LogP contribution in [0.3, 0.4) is 0 Å². The van der Waals surface area contributed by atoms with Gasteiger partial charge in [-0.25, -0.2) is 4.79 Å². The fraction of sp³-hybridized carbons (Fsp3) is 0.500. The van der Waals surface area contributed by atoms with Gasteiger partial charge in [0.1, 0.15) is 23.9 Å². The highest BCUT2D eigenvalue weighted by Gasteiger charge is 2.32. The van der Waals surface area contributed by atoms with Crippen LogP contribution in [0.1, 0.15) is 32.3 Å². The third-order valence-corrected chi connectivity index (χ3v) is 5.72. The number of carboxylic acids is 1. The zero-order valence-electron chi connectivity index (χ0n) is 19.6. The van der Waals surface area contributed by atoms with Crippen LogP contribution in [0.5, 0.6) is 5.75 Å². The molecule has 194 valence electrons. The highest BCUT2D eigenvalue weighted by molar-refractivity contribution is 7.80. The average Bonchev–Trinajstić information content (AvgIpc) is 2.80. The third kappa shape index (κ3) is 9.83. The lowest BCUT2D eigenvalue weighted by molar-refractivity contribution is -0.143. The maximum Gasteiger partial charge on any atom is 0.326 e. The molecule has 0 radical (unpaired) electrons. The van der Waals surface area contributed by atoms with Crippen molar-refractivity contribution in [3.05, 3.63) is 29.8 Å². The first-order valence-electron chi connectivity index (χ1n) is 11.0. The Labute approximate surface area is 208 Å². The van der Waals surface area contributed by atoms with E-state index in [0.717, 1.165) is 0 Å². The van der Waals surface area contributed by atoms with Gasteiger partial charge in [-0.1, -0.05) is 32.4 Å². The number of carbonyl (C=O) groups excluding carboxylic acids is 4. The summed E-state index contributed by atoms with van der Waals surface area (Å²) in [6.45, 7) is 3.55. The van der Waals surface area contributed by atoms with Crippen LogP contribution in [0.15, 0.2) is 24.3 Å². The number of aliphatic carboxylic acids is 1. The van der Waals surface area contributed by atoms with Gasteiger partial charge in [-0.15, -0.1) is 0 Å². The van der Waals surface area contributed by atoms with Crippen molar-refractivity contribution >= 4 is 42.2 Å². The first-order valence-corrected chi connectivity index (χ1v) is 11.6. The fourth-order valence-corrected chi connectivity index (χ4v) is 3.33. The first-order chi connectivity index (χ1) is 16.4. The summed E-state index contributed by atoms with van der Waals surface area (Å²) in [6, 6.07) is 1.37. The molecule has 0 aliphatic rings. The number of rotatable bonds is 14.